The maximum atomic E-state index is 6.91. The van der Waals surface area contributed by atoms with Crippen molar-refractivity contribution in [2.75, 3.05) is 0 Å². The SMILES string of the molecule is C1=CCC(c2ccc3c(c2)Oc2ccc(-c4ccc(-c5ccccn5)cc4)c4c2B3c2ccc(-c3ccccc3)cc2O4)C=C1. The molecule has 3 nitrogen and oxygen atoms in total. The lowest BCUT2D eigenvalue weighted by Gasteiger charge is -2.34. The topological polar surface area (TPSA) is 31.4 Å². The van der Waals surface area contributed by atoms with Gasteiger partial charge in [0.2, 0.25) is 0 Å². The van der Waals surface area contributed by atoms with Crippen LogP contribution in [0.2, 0.25) is 0 Å². The predicted molar refractivity (Wildman–Crippen MR) is 184 cm³/mol. The average Bonchev–Trinajstić information content (AvgIpc) is 3.12. The molecule has 1 unspecified atom stereocenters. The Kier molecular flexibility index (Phi) is 6.05. The lowest BCUT2D eigenvalue weighted by atomic mass is 9.34. The van der Waals surface area contributed by atoms with Gasteiger partial charge in [-0.2, -0.15) is 0 Å². The minimum atomic E-state index is -0.00379. The van der Waals surface area contributed by atoms with Gasteiger partial charge < -0.3 is 9.47 Å². The van der Waals surface area contributed by atoms with E-state index < -0.39 is 0 Å². The standard InChI is InChI=1S/C41H28BNO2/c1-3-9-27(10-4-1)31-18-21-34-38(25-31)44-37-23-20-33(29-14-16-30(17-15-29)36-13-7-8-24-43-36)41-40(37)42(34)35-22-19-32(26-39(35)45-41)28-11-5-2-6-12-28/h1-9,11-27H,10H2. The van der Waals surface area contributed by atoms with Crippen molar-refractivity contribution >= 4 is 23.1 Å². The van der Waals surface area contributed by atoms with Crippen LogP contribution in [-0.4, -0.2) is 11.7 Å². The Morgan fingerprint density at radius 1 is 0.600 bits per heavy atom. The molecule has 0 saturated heterocycles. The predicted octanol–water partition coefficient (Wildman–Crippen LogP) is 8.41. The molecule has 0 spiro atoms. The van der Waals surface area contributed by atoms with Crippen LogP contribution in [0, 0.1) is 0 Å². The average molecular weight is 577 g/mol. The van der Waals surface area contributed by atoms with Crippen molar-refractivity contribution in [3.8, 4) is 56.5 Å². The van der Waals surface area contributed by atoms with Gasteiger partial charge in [0, 0.05) is 28.7 Å². The molecule has 0 bridgehead atoms. The van der Waals surface area contributed by atoms with Crippen LogP contribution in [-0.2, 0) is 0 Å². The molecule has 0 radical (unpaired) electrons. The summed E-state index contributed by atoms with van der Waals surface area (Å²) in [6.45, 7) is -0.00379. The maximum Gasteiger partial charge on any atom is 0.260 e. The number of aromatic nitrogens is 1. The fourth-order valence-electron chi connectivity index (χ4n) is 6.95. The van der Waals surface area contributed by atoms with Crippen LogP contribution >= 0.6 is 0 Å². The fraction of sp³-hybridized carbons (Fsp3) is 0.0488. The highest BCUT2D eigenvalue weighted by Crippen LogP contribution is 2.42. The molecule has 0 N–H and O–H groups in total. The van der Waals surface area contributed by atoms with Crippen molar-refractivity contribution in [1.82, 2.24) is 4.98 Å². The number of hydrogen-bond acceptors (Lipinski definition) is 3. The Balaban J connectivity index is 1.20. The smallest absolute Gasteiger partial charge is 0.260 e. The lowest BCUT2D eigenvalue weighted by Crippen LogP contribution is -2.57. The monoisotopic (exact) mass is 577 g/mol. The number of rotatable bonds is 4. The van der Waals surface area contributed by atoms with Gasteiger partial charge in [-0.15, -0.1) is 0 Å². The number of nitrogens with zero attached hydrogens (tertiary/aromatic N) is 1. The summed E-state index contributed by atoms with van der Waals surface area (Å²) in [7, 11) is 0. The summed E-state index contributed by atoms with van der Waals surface area (Å²) < 4.78 is 13.6. The fourth-order valence-corrected chi connectivity index (χ4v) is 6.95. The molecule has 0 saturated carbocycles. The summed E-state index contributed by atoms with van der Waals surface area (Å²) in [5.41, 5.74) is 11.2. The van der Waals surface area contributed by atoms with Crippen molar-refractivity contribution in [3.63, 3.8) is 0 Å². The minimum Gasteiger partial charge on any atom is -0.458 e. The normalized spacial score (nSPS) is 15.4. The first-order valence-corrected chi connectivity index (χ1v) is 15.5. The van der Waals surface area contributed by atoms with Crippen molar-refractivity contribution in [3.05, 3.63) is 157 Å². The van der Waals surface area contributed by atoms with Gasteiger partial charge in [0.05, 0.1) is 5.69 Å². The van der Waals surface area contributed by atoms with Crippen LogP contribution in [0.25, 0.3) is 33.5 Å². The summed E-state index contributed by atoms with van der Waals surface area (Å²) in [5, 5.41) is 0. The minimum absolute atomic E-state index is 0.00379. The van der Waals surface area contributed by atoms with Gasteiger partial charge in [0.25, 0.3) is 6.71 Å². The second-order valence-electron chi connectivity index (χ2n) is 11.9. The van der Waals surface area contributed by atoms with E-state index >= 15 is 0 Å². The Labute approximate surface area is 263 Å². The Morgan fingerprint density at radius 3 is 2.18 bits per heavy atom. The third-order valence-corrected chi connectivity index (χ3v) is 9.22. The zero-order valence-corrected chi connectivity index (χ0v) is 24.6. The molecule has 1 atom stereocenters. The Bertz CT molecular complexity index is 2140. The van der Waals surface area contributed by atoms with E-state index in [9.17, 15) is 0 Å². The molecule has 2 aliphatic heterocycles. The molecule has 9 rings (SSSR count). The molecular formula is C41H28BNO2. The number of ether oxygens (including phenoxy) is 2. The molecule has 5 aromatic carbocycles. The van der Waals surface area contributed by atoms with Crippen molar-refractivity contribution < 1.29 is 9.47 Å². The van der Waals surface area contributed by atoms with Crippen molar-refractivity contribution in [1.29, 1.82) is 0 Å². The summed E-state index contributed by atoms with van der Waals surface area (Å²) >= 11 is 0. The summed E-state index contributed by atoms with van der Waals surface area (Å²) in [6.07, 6.45) is 11.6. The third-order valence-electron chi connectivity index (χ3n) is 9.22. The molecule has 6 aromatic rings. The van der Waals surface area contributed by atoms with Crippen LogP contribution in [0.15, 0.2) is 152 Å². The summed E-state index contributed by atoms with van der Waals surface area (Å²) in [6, 6.07) is 42.7. The van der Waals surface area contributed by atoms with E-state index in [-0.39, 0.29) is 6.71 Å². The van der Waals surface area contributed by atoms with Gasteiger partial charge in [0.1, 0.15) is 23.0 Å². The largest absolute Gasteiger partial charge is 0.458 e. The van der Waals surface area contributed by atoms with E-state index in [2.05, 4.69) is 126 Å². The van der Waals surface area contributed by atoms with E-state index in [1.807, 2.05) is 30.5 Å². The molecule has 3 aliphatic rings. The van der Waals surface area contributed by atoms with Crippen molar-refractivity contribution in [2.45, 2.75) is 12.3 Å². The zero-order valence-electron chi connectivity index (χ0n) is 24.6. The van der Waals surface area contributed by atoms with E-state index in [4.69, 9.17) is 9.47 Å². The van der Waals surface area contributed by atoms with Crippen LogP contribution in [0.5, 0.6) is 23.0 Å². The van der Waals surface area contributed by atoms with Gasteiger partial charge in [-0.3, -0.25) is 4.98 Å². The highest BCUT2D eigenvalue weighted by atomic mass is 16.5. The molecule has 3 heterocycles. The maximum absolute atomic E-state index is 6.91. The second kappa shape index (κ2) is 10.5. The Hall–Kier alpha value is -5.61. The zero-order chi connectivity index (χ0) is 29.7. The summed E-state index contributed by atoms with van der Waals surface area (Å²) in [5.74, 6) is 3.87. The number of fused-ring (bicyclic) bond motifs is 4. The summed E-state index contributed by atoms with van der Waals surface area (Å²) in [4.78, 5) is 4.53. The quantitative estimate of drug-likeness (QED) is 0.197. The van der Waals surface area contributed by atoms with Gasteiger partial charge >= 0.3 is 0 Å². The van der Waals surface area contributed by atoms with Crippen LogP contribution in [0.3, 0.4) is 0 Å². The van der Waals surface area contributed by atoms with Crippen LogP contribution < -0.4 is 25.9 Å². The molecule has 4 heteroatoms. The first kappa shape index (κ1) is 25.9. The molecule has 0 amide bonds. The first-order chi connectivity index (χ1) is 22.3. The second-order valence-corrected chi connectivity index (χ2v) is 11.9. The molecular weight excluding hydrogens is 549 g/mol. The Morgan fingerprint density at radius 2 is 1.38 bits per heavy atom. The lowest BCUT2D eigenvalue weighted by molar-refractivity contribution is 0.465. The number of benzene rings is 5. The number of pyridine rings is 1. The highest BCUT2D eigenvalue weighted by molar-refractivity contribution is 6.98. The first-order valence-electron chi connectivity index (χ1n) is 15.5. The highest BCUT2D eigenvalue weighted by Gasteiger charge is 2.41. The number of allylic oxidation sites excluding steroid dienone is 4. The van der Waals surface area contributed by atoms with Gasteiger partial charge in [0.15, 0.2) is 0 Å². The molecule has 1 aromatic heterocycles. The van der Waals surface area contributed by atoms with Gasteiger partial charge in [-0.25, -0.2) is 0 Å². The van der Waals surface area contributed by atoms with E-state index in [0.29, 0.717) is 5.92 Å². The van der Waals surface area contributed by atoms with E-state index in [1.165, 1.54) is 16.6 Å². The van der Waals surface area contributed by atoms with Gasteiger partial charge in [-0.1, -0.05) is 109 Å². The van der Waals surface area contributed by atoms with E-state index in [0.717, 1.165) is 68.3 Å². The van der Waals surface area contributed by atoms with Crippen LogP contribution in [0.1, 0.15) is 17.9 Å². The molecule has 212 valence electrons. The molecule has 1 aliphatic carbocycles. The molecule has 45 heavy (non-hydrogen) atoms. The third kappa shape index (κ3) is 4.41. The molecule has 0 fully saturated rings. The van der Waals surface area contributed by atoms with E-state index in [1.54, 1.807) is 0 Å². The number of hydrogen-bond donors (Lipinski definition) is 0. The van der Waals surface area contributed by atoms with Gasteiger partial charge in [-0.05, 0) is 76.0 Å². The van der Waals surface area contributed by atoms with Crippen LogP contribution in [0.4, 0.5) is 0 Å². The van der Waals surface area contributed by atoms with Crippen molar-refractivity contribution in [2.24, 2.45) is 0 Å².